The lowest BCUT2D eigenvalue weighted by Crippen LogP contribution is -2.61. The molecule has 0 spiro atoms. The lowest BCUT2D eigenvalue weighted by Gasteiger charge is -2.30. The van der Waals surface area contributed by atoms with Crippen LogP contribution >= 0.6 is 33.3 Å². The highest BCUT2D eigenvalue weighted by Crippen LogP contribution is 2.24. The average Bonchev–Trinajstić information content (AvgIpc) is 3.51. The summed E-state index contributed by atoms with van der Waals surface area (Å²) in [6.07, 6.45) is 0.524. The summed E-state index contributed by atoms with van der Waals surface area (Å²) in [7, 11) is 3.68. The molecule has 33 nitrogen and oxygen atoms in total. The number of likely N-dealkylation sites (N-methyl/N-ethyl adjacent to an activating group) is 1. The molecule has 1 heterocycles. The van der Waals surface area contributed by atoms with E-state index in [1.54, 1.807) is 0 Å². The van der Waals surface area contributed by atoms with E-state index in [0.717, 1.165) is 33.3 Å². The number of carbonyl (C=O) groups excluding carboxylic acids is 12. The molecule has 15 N–H and O–H groups in total. The summed E-state index contributed by atoms with van der Waals surface area (Å²) in [4.78, 5) is 149. The number of thioether (sulfide) groups is 1. The Balaban J connectivity index is 2.43. The summed E-state index contributed by atoms with van der Waals surface area (Å²) < 4.78 is 42.5. The van der Waals surface area contributed by atoms with Gasteiger partial charge in [-0.05, 0) is 27.8 Å². The van der Waals surface area contributed by atoms with Crippen molar-refractivity contribution in [3.8, 4) is 0 Å². The van der Waals surface area contributed by atoms with Crippen molar-refractivity contribution in [1.82, 2.24) is 58.5 Å². The van der Waals surface area contributed by atoms with Gasteiger partial charge in [0, 0.05) is 49.5 Å². The van der Waals surface area contributed by atoms with Crippen LogP contribution < -0.4 is 70.0 Å². The monoisotopic (exact) mass is 1260 g/mol. The minimum absolute atomic E-state index is 0.0141. The van der Waals surface area contributed by atoms with Crippen LogP contribution in [0.1, 0.15) is 20.8 Å². The Morgan fingerprint density at radius 3 is 1.44 bits per heavy atom. The van der Waals surface area contributed by atoms with E-state index in [-0.39, 0.29) is 142 Å². The van der Waals surface area contributed by atoms with Gasteiger partial charge in [-0.1, -0.05) is 21.6 Å². The van der Waals surface area contributed by atoms with Gasteiger partial charge in [0.1, 0.15) is 56.9 Å². The average molecular weight is 1260 g/mol. The highest BCUT2D eigenvalue weighted by molar-refractivity contribution is 8.76. The van der Waals surface area contributed by atoms with E-state index in [1.165, 1.54) is 27.8 Å². The van der Waals surface area contributed by atoms with Gasteiger partial charge in [0.2, 0.25) is 65.0 Å². The lowest BCUT2D eigenvalue weighted by atomic mass is 10.1. The maximum absolute atomic E-state index is 14.1. The Morgan fingerprint density at radius 2 is 1.01 bits per heavy atom. The third-order valence-electron chi connectivity index (χ3n) is 10.6. The molecule has 1 aliphatic rings. The fraction of sp³-hybridized carbons (Fsp3) is 0.750. The Labute approximate surface area is 499 Å². The van der Waals surface area contributed by atoms with E-state index in [1.807, 2.05) is 0 Å². The van der Waals surface area contributed by atoms with Crippen molar-refractivity contribution < 1.29 is 95.4 Å². The van der Waals surface area contributed by atoms with Crippen LogP contribution in [0.3, 0.4) is 0 Å². The number of ether oxygens (including phenoxy) is 8. The van der Waals surface area contributed by atoms with E-state index < -0.39 is 106 Å². The summed E-state index contributed by atoms with van der Waals surface area (Å²) >= 11 is 0.979. The van der Waals surface area contributed by atoms with Gasteiger partial charge >= 0.3 is 0 Å². The molecule has 7 atom stereocenters. The number of carbonyl (C=O) groups is 12. The molecule has 0 saturated carbocycles. The Bertz CT molecular complexity index is 2030. The van der Waals surface area contributed by atoms with Crippen LogP contribution in [0.4, 0.5) is 0 Å². The third-order valence-corrected chi connectivity index (χ3v) is 14.4. The van der Waals surface area contributed by atoms with E-state index in [0.29, 0.717) is 26.1 Å². The lowest BCUT2D eigenvalue weighted by molar-refractivity contribution is -0.132. The fourth-order valence-corrected chi connectivity index (χ4v) is 9.67. The van der Waals surface area contributed by atoms with Crippen LogP contribution in [0.15, 0.2) is 0 Å². The van der Waals surface area contributed by atoms with Crippen molar-refractivity contribution in [3.63, 3.8) is 0 Å². The molecule has 0 aromatic carbocycles. The summed E-state index contributed by atoms with van der Waals surface area (Å²) in [5, 5.41) is 28.2. The second kappa shape index (κ2) is 48.7. The number of amides is 11. The molecule has 0 aromatic rings. The van der Waals surface area contributed by atoms with Gasteiger partial charge < -0.3 is 113 Å². The van der Waals surface area contributed by atoms with Crippen LogP contribution in [0.2, 0.25) is 0 Å². The smallest absolute Gasteiger partial charge is 0.246 e. The number of primary amides is 2. The SMILES string of the molecule is CNCC(=O)N[C@@H]1C(=O)N[C@H](C(=O)N[C@@H](C)C(N)=O)CSSC[C@@H](C(=O)N[C@@H](C)C=O)NC(=O)[C@H](C)NCC1SCC(=O)NCCOCCOCCOCCNC(=O)COCC(=O)NCCOCCOCCOCCNC(=O)COCC(N)=O. The topological polar surface area (TPSA) is 463 Å². The standard InChI is InChI=1S/C48H85N13O20S3/c1-31(23-62)57-46(71)34-28-83-84-29-35(47(72)58-32(2)44(50)69)60-48(73)43(61-38(64)22-51-4)36(21-56-33(3)45(70)59-34)82-30-42(68)55-8-12-77-16-20-79-19-15-76-11-7-54-41(67)27-81-26-40(66)53-6-10-75-14-18-78-17-13-74-9-5-52-39(65)25-80-24-37(49)63/h23,31-36,43,51,56H,5-22,24-30H2,1-4H3,(H2,49,63)(H2,50,69)(H,52,65)(H,53,66)(H,54,67)(H,55,68)(H,57,71)(H,58,72)(H,59,70)(H,60,73)(H,61,64)/t31-,32-,33-,34-,35-,36?,43-/m0/s1. The maximum Gasteiger partial charge on any atom is 0.246 e. The zero-order valence-corrected chi connectivity index (χ0v) is 50.3. The zero-order chi connectivity index (χ0) is 62.3. The van der Waals surface area contributed by atoms with Crippen molar-refractivity contribution in [2.24, 2.45) is 11.5 Å². The number of nitrogens with two attached hydrogens (primary N) is 2. The normalized spacial score (nSPS) is 18.4. The second-order valence-electron chi connectivity index (χ2n) is 17.8. The van der Waals surface area contributed by atoms with Gasteiger partial charge in [0.15, 0.2) is 0 Å². The molecule has 1 aliphatic heterocycles. The molecule has 1 unspecified atom stereocenters. The van der Waals surface area contributed by atoms with Crippen LogP contribution in [-0.2, 0) is 95.4 Å². The van der Waals surface area contributed by atoms with Crippen LogP contribution in [-0.4, -0.2) is 282 Å². The molecule has 1 rings (SSSR count). The number of aldehydes is 1. The van der Waals surface area contributed by atoms with E-state index in [2.05, 4.69) is 58.5 Å². The third kappa shape index (κ3) is 39.9. The van der Waals surface area contributed by atoms with Crippen molar-refractivity contribution >= 4 is 105 Å². The summed E-state index contributed by atoms with van der Waals surface area (Å²) in [6.45, 7) is 6.38. The number of hydrogen-bond donors (Lipinski definition) is 13. The quantitative estimate of drug-likeness (QED) is 0.0153. The van der Waals surface area contributed by atoms with Gasteiger partial charge in [-0.3, -0.25) is 52.7 Å². The molecule has 36 heteroatoms. The molecule has 84 heavy (non-hydrogen) atoms. The highest BCUT2D eigenvalue weighted by atomic mass is 33.1. The van der Waals surface area contributed by atoms with E-state index >= 15 is 0 Å². The summed E-state index contributed by atoms with van der Waals surface area (Å²) in [6, 6.07) is -6.75. The minimum atomic E-state index is -1.39. The van der Waals surface area contributed by atoms with Crippen LogP contribution in [0, 0.1) is 0 Å². The maximum atomic E-state index is 14.1. The number of hydrogen-bond acceptors (Lipinski definition) is 25. The molecule has 0 bridgehead atoms. The van der Waals surface area contributed by atoms with Crippen molar-refractivity contribution in [2.45, 2.75) is 62.3 Å². The molecular formula is C48H85N13O20S3. The van der Waals surface area contributed by atoms with Crippen molar-refractivity contribution in [1.29, 1.82) is 0 Å². The van der Waals surface area contributed by atoms with Crippen LogP contribution in [0.25, 0.3) is 0 Å². The largest absolute Gasteiger partial charge is 0.377 e. The first-order valence-electron chi connectivity index (χ1n) is 26.7. The van der Waals surface area contributed by atoms with Gasteiger partial charge in [-0.2, -0.15) is 0 Å². The van der Waals surface area contributed by atoms with Gasteiger partial charge in [0.05, 0.1) is 104 Å². The molecule has 0 radical (unpaired) electrons. The molecule has 0 aromatic heterocycles. The van der Waals surface area contributed by atoms with Gasteiger partial charge in [-0.25, -0.2) is 0 Å². The highest BCUT2D eigenvalue weighted by Gasteiger charge is 2.35. The number of nitrogens with one attached hydrogen (secondary N) is 11. The Kier molecular flexibility index (Phi) is 44.3. The summed E-state index contributed by atoms with van der Waals surface area (Å²) in [5.41, 5.74) is 10.3. The fourth-order valence-electron chi connectivity index (χ4n) is 6.27. The molecule has 0 aliphatic carbocycles. The molecular weight excluding hydrogens is 1170 g/mol. The zero-order valence-electron chi connectivity index (χ0n) is 47.8. The Morgan fingerprint density at radius 1 is 0.595 bits per heavy atom. The first-order chi connectivity index (χ1) is 40.3. The van der Waals surface area contributed by atoms with Crippen molar-refractivity contribution in [3.05, 3.63) is 0 Å². The first-order valence-corrected chi connectivity index (χ1v) is 30.3. The van der Waals surface area contributed by atoms with Gasteiger partial charge in [-0.15, -0.1) is 11.8 Å². The Hall–Kier alpha value is -5.51. The molecule has 11 amide bonds. The van der Waals surface area contributed by atoms with E-state index in [9.17, 15) is 57.5 Å². The minimum Gasteiger partial charge on any atom is -0.377 e. The first kappa shape index (κ1) is 76.5. The van der Waals surface area contributed by atoms with Gasteiger partial charge in [0.25, 0.3) is 0 Å². The molecule has 480 valence electrons. The number of rotatable bonds is 44. The predicted molar refractivity (Wildman–Crippen MR) is 307 cm³/mol. The van der Waals surface area contributed by atoms with Crippen molar-refractivity contribution in [2.75, 3.05) is 169 Å². The van der Waals surface area contributed by atoms with Crippen LogP contribution in [0.5, 0.6) is 0 Å². The molecule has 1 fully saturated rings. The summed E-state index contributed by atoms with van der Waals surface area (Å²) in [5.74, 6) is -7.00. The second-order valence-corrected chi connectivity index (χ2v) is 21.6. The predicted octanol–water partition coefficient (Wildman–Crippen LogP) is -8.09. The van der Waals surface area contributed by atoms with E-state index in [4.69, 9.17) is 49.4 Å². The molecule has 1 saturated heterocycles.